The molecule has 0 aliphatic heterocycles. The van der Waals surface area contributed by atoms with E-state index < -0.39 is 25.9 Å². The summed E-state index contributed by atoms with van der Waals surface area (Å²) in [7, 11) is -7.47. The summed E-state index contributed by atoms with van der Waals surface area (Å²) >= 11 is 0. The van der Waals surface area contributed by atoms with Gasteiger partial charge in [0.2, 0.25) is 10.0 Å². The van der Waals surface area contributed by atoms with Gasteiger partial charge in [0.1, 0.15) is 0 Å². The lowest BCUT2D eigenvalue weighted by atomic mass is 10.2. The molecule has 2 aromatic heterocycles. The Balaban J connectivity index is 1.99. The van der Waals surface area contributed by atoms with Gasteiger partial charge in [-0.3, -0.25) is 4.40 Å². The molecule has 0 amide bonds. The number of aromatic nitrogens is 3. The third-order valence-corrected chi connectivity index (χ3v) is 6.65. The molecule has 0 radical (unpaired) electrons. The van der Waals surface area contributed by atoms with Gasteiger partial charge >= 0.3 is 0 Å². The molecule has 1 aromatic carbocycles. The van der Waals surface area contributed by atoms with Crippen molar-refractivity contribution in [1.29, 1.82) is 0 Å². The van der Waals surface area contributed by atoms with Gasteiger partial charge in [-0.25, -0.2) is 21.6 Å². The molecule has 0 saturated carbocycles. The zero-order chi connectivity index (χ0) is 19.7. The summed E-state index contributed by atoms with van der Waals surface area (Å²) in [6.45, 7) is 1.94. The Labute approximate surface area is 158 Å². The van der Waals surface area contributed by atoms with Gasteiger partial charge in [-0.1, -0.05) is 25.5 Å². The molecule has 2 heterocycles. The summed E-state index contributed by atoms with van der Waals surface area (Å²) < 4.78 is 53.6. The van der Waals surface area contributed by atoms with Crippen LogP contribution in [0.4, 0.5) is 0 Å². The van der Waals surface area contributed by atoms with Gasteiger partial charge in [0.15, 0.2) is 21.3 Å². The summed E-state index contributed by atoms with van der Waals surface area (Å²) in [6, 6.07) is 10.1. The topological polar surface area (TPSA) is 110 Å². The van der Waals surface area contributed by atoms with Crippen LogP contribution in [0.2, 0.25) is 0 Å². The highest BCUT2D eigenvalue weighted by atomic mass is 32.2. The van der Waals surface area contributed by atoms with Crippen LogP contribution in [0.15, 0.2) is 58.5 Å². The molecule has 0 aliphatic rings. The van der Waals surface area contributed by atoms with Gasteiger partial charge < -0.3 is 0 Å². The van der Waals surface area contributed by atoms with Crippen LogP contribution in [0, 0.1) is 0 Å². The molecule has 0 bridgehead atoms. The Morgan fingerprint density at radius 1 is 1.04 bits per heavy atom. The predicted molar refractivity (Wildman–Crippen MR) is 101 cm³/mol. The second-order valence-electron chi connectivity index (χ2n) is 6.20. The number of pyridine rings is 1. The van der Waals surface area contributed by atoms with Crippen molar-refractivity contribution in [3.63, 3.8) is 0 Å². The van der Waals surface area contributed by atoms with Gasteiger partial charge in [-0.2, -0.15) is 0 Å². The molecule has 3 aromatic rings. The number of rotatable bonds is 7. The van der Waals surface area contributed by atoms with Gasteiger partial charge in [-0.05, 0) is 36.8 Å². The molecule has 10 heteroatoms. The molecule has 0 aliphatic carbocycles. The second-order valence-corrected chi connectivity index (χ2v) is 9.93. The highest BCUT2D eigenvalue weighted by Gasteiger charge is 2.25. The molecule has 3 rings (SSSR count). The lowest BCUT2D eigenvalue weighted by Crippen LogP contribution is -2.30. The fraction of sp³-hybridized carbons (Fsp3) is 0.294. The van der Waals surface area contributed by atoms with Crippen LogP contribution in [-0.2, 0) is 19.9 Å². The molecule has 0 spiro atoms. The molecule has 27 heavy (non-hydrogen) atoms. The Morgan fingerprint density at radius 2 is 1.78 bits per heavy atom. The lowest BCUT2D eigenvalue weighted by molar-refractivity contribution is 0.517. The largest absolute Gasteiger partial charge is 0.285 e. The zero-order valence-electron chi connectivity index (χ0n) is 14.9. The molecule has 0 fully saturated rings. The van der Waals surface area contributed by atoms with Crippen molar-refractivity contribution in [2.24, 2.45) is 0 Å². The van der Waals surface area contributed by atoms with Crippen molar-refractivity contribution < 1.29 is 16.8 Å². The normalized spacial score (nSPS) is 13.7. The first-order chi connectivity index (χ1) is 12.7. The number of hydrogen-bond acceptors (Lipinski definition) is 6. The van der Waals surface area contributed by atoms with E-state index in [0.717, 1.165) is 18.7 Å². The first-order valence-electron chi connectivity index (χ1n) is 8.34. The summed E-state index contributed by atoms with van der Waals surface area (Å²) in [4.78, 5) is -0.161. The first kappa shape index (κ1) is 19.5. The monoisotopic (exact) mass is 408 g/mol. The summed E-state index contributed by atoms with van der Waals surface area (Å²) in [5.41, 5.74) is 0.617. The van der Waals surface area contributed by atoms with Crippen molar-refractivity contribution >= 4 is 25.5 Å². The van der Waals surface area contributed by atoms with Crippen molar-refractivity contribution in [2.75, 3.05) is 6.26 Å². The molecule has 8 nitrogen and oxygen atoms in total. The van der Waals surface area contributed by atoms with Gasteiger partial charge in [0.05, 0.1) is 15.8 Å². The van der Waals surface area contributed by atoms with E-state index in [4.69, 9.17) is 0 Å². The molecule has 1 unspecified atom stereocenters. The van der Waals surface area contributed by atoms with Gasteiger partial charge in [0, 0.05) is 12.5 Å². The van der Waals surface area contributed by atoms with E-state index in [1.165, 1.54) is 18.2 Å². The zero-order valence-corrected chi connectivity index (χ0v) is 16.5. The van der Waals surface area contributed by atoms with Crippen LogP contribution in [0.25, 0.3) is 5.65 Å². The number of hydrogen-bond donors (Lipinski definition) is 1. The molecule has 1 atom stereocenters. The van der Waals surface area contributed by atoms with Gasteiger partial charge in [-0.15, -0.1) is 10.2 Å². The van der Waals surface area contributed by atoms with E-state index in [2.05, 4.69) is 14.9 Å². The fourth-order valence-electron chi connectivity index (χ4n) is 2.75. The van der Waals surface area contributed by atoms with E-state index in [9.17, 15) is 16.8 Å². The average molecular weight is 409 g/mol. The van der Waals surface area contributed by atoms with E-state index in [1.807, 2.05) is 19.1 Å². The van der Waals surface area contributed by atoms with Crippen molar-refractivity contribution in [3.8, 4) is 0 Å². The van der Waals surface area contributed by atoms with Crippen molar-refractivity contribution in [3.05, 3.63) is 54.5 Å². The first-order valence-corrected chi connectivity index (χ1v) is 11.7. The molecular formula is C17H20N4O4S2. The highest BCUT2D eigenvalue weighted by molar-refractivity contribution is 7.91. The van der Waals surface area contributed by atoms with Crippen molar-refractivity contribution in [1.82, 2.24) is 19.3 Å². The fourth-order valence-corrected chi connectivity index (χ4v) is 4.77. The number of nitrogens with zero attached hydrogens (tertiary/aromatic N) is 3. The minimum absolute atomic E-state index is 0.0506. The Morgan fingerprint density at radius 3 is 2.48 bits per heavy atom. The van der Waals surface area contributed by atoms with E-state index in [-0.39, 0.29) is 9.79 Å². The molecule has 0 saturated heterocycles. The lowest BCUT2D eigenvalue weighted by Gasteiger charge is -2.17. The van der Waals surface area contributed by atoms with Crippen LogP contribution >= 0.6 is 0 Å². The van der Waals surface area contributed by atoms with E-state index in [1.54, 1.807) is 16.7 Å². The summed E-state index contributed by atoms with van der Waals surface area (Å²) in [5, 5.41) is 8.21. The van der Waals surface area contributed by atoms with Crippen LogP contribution in [-0.4, -0.2) is 37.7 Å². The maximum absolute atomic E-state index is 12.9. The minimum Gasteiger partial charge on any atom is -0.285 e. The maximum Gasteiger partial charge on any atom is 0.241 e. The standard InChI is InChI=1S/C17H20N4O4S2/c1-3-7-15(17-19-18-16-10-4-5-11-21(16)17)20-27(24,25)14-9-6-8-13(12-14)26(2,22)23/h4-6,8-12,15,20H,3,7H2,1-2H3. The van der Waals surface area contributed by atoms with Crippen LogP contribution in [0.1, 0.15) is 31.6 Å². The molecular weight excluding hydrogens is 388 g/mol. The summed E-state index contributed by atoms with van der Waals surface area (Å²) in [5.74, 6) is 0.482. The Hall–Kier alpha value is -2.30. The van der Waals surface area contributed by atoms with E-state index in [0.29, 0.717) is 17.9 Å². The summed E-state index contributed by atoms with van der Waals surface area (Å²) in [6.07, 6.45) is 4.04. The molecule has 144 valence electrons. The number of benzene rings is 1. The number of sulfonamides is 1. The van der Waals surface area contributed by atoms with Crippen molar-refractivity contribution in [2.45, 2.75) is 35.6 Å². The van der Waals surface area contributed by atoms with E-state index >= 15 is 0 Å². The number of nitrogens with one attached hydrogen (secondary N) is 1. The van der Waals surface area contributed by atoms with Crippen LogP contribution in [0.5, 0.6) is 0 Å². The maximum atomic E-state index is 12.9. The second kappa shape index (κ2) is 7.37. The quantitative estimate of drug-likeness (QED) is 0.640. The SMILES string of the molecule is CCCC(NS(=O)(=O)c1cccc(S(C)(=O)=O)c1)c1nnc2ccccn12. The Kier molecular flexibility index (Phi) is 5.31. The van der Waals surface area contributed by atoms with Crippen LogP contribution < -0.4 is 4.72 Å². The third kappa shape index (κ3) is 4.18. The molecule has 1 N–H and O–H groups in total. The predicted octanol–water partition coefficient (Wildman–Crippen LogP) is 1.95. The smallest absolute Gasteiger partial charge is 0.241 e. The van der Waals surface area contributed by atoms with Gasteiger partial charge in [0.25, 0.3) is 0 Å². The Bertz CT molecular complexity index is 1170. The minimum atomic E-state index is -3.95. The third-order valence-electron chi connectivity index (χ3n) is 4.07. The highest BCUT2D eigenvalue weighted by Crippen LogP contribution is 2.22. The number of fused-ring (bicyclic) bond motifs is 1. The number of sulfone groups is 1. The average Bonchev–Trinajstić information content (AvgIpc) is 3.05. The van der Waals surface area contributed by atoms with Crippen LogP contribution in [0.3, 0.4) is 0 Å².